The van der Waals surface area contributed by atoms with E-state index in [4.69, 9.17) is 16.3 Å². The van der Waals surface area contributed by atoms with Gasteiger partial charge in [-0.3, -0.25) is 19.9 Å². The number of nitrogens with one attached hydrogen (secondary N) is 2. The number of piperazine rings is 1. The molecule has 3 rings (SSSR count). The van der Waals surface area contributed by atoms with Gasteiger partial charge >= 0.3 is 6.03 Å². The number of hydrogen-bond acceptors (Lipinski definition) is 5. The Bertz CT molecular complexity index is 643. The van der Waals surface area contributed by atoms with E-state index < -0.39 is 0 Å². The van der Waals surface area contributed by atoms with E-state index in [1.54, 1.807) is 0 Å². The van der Waals surface area contributed by atoms with Crippen molar-refractivity contribution >= 4 is 23.5 Å². The zero-order valence-electron chi connectivity index (χ0n) is 15.6. The van der Waals surface area contributed by atoms with Gasteiger partial charge in [-0.15, -0.1) is 0 Å². The maximum absolute atomic E-state index is 12.2. The molecular formula is C19H27ClN4O3. The van der Waals surface area contributed by atoms with Crippen LogP contribution < -0.4 is 15.4 Å². The summed E-state index contributed by atoms with van der Waals surface area (Å²) < 4.78 is 5.73. The molecule has 0 bridgehead atoms. The van der Waals surface area contributed by atoms with Crippen LogP contribution in [0.5, 0.6) is 5.75 Å². The summed E-state index contributed by atoms with van der Waals surface area (Å²) in [5.74, 6) is 0.570. The molecule has 0 spiro atoms. The monoisotopic (exact) mass is 394 g/mol. The second kappa shape index (κ2) is 9.39. The molecule has 27 heavy (non-hydrogen) atoms. The van der Waals surface area contributed by atoms with Gasteiger partial charge in [0.15, 0.2) is 0 Å². The summed E-state index contributed by atoms with van der Waals surface area (Å²) >= 11 is 5.86. The van der Waals surface area contributed by atoms with Crippen LogP contribution in [0.4, 0.5) is 4.79 Å². The van der Waals surface area contributed by atoms with Crippen molar-refractivity contribution in [2.75, 3.05) is 39.3 Å². The van der Waals surface area contributed by atoms with Gasteiger partial charge in [-0.25, -0.2) is 4.79 Å². The van der Waals surface area contributed by atoms with E-state index in [2.05, 4.69) is 20.4 Å². The van der Waals surface area contributed by atoms with Gasteiger partial charge in [0.1, 0.15) is 12.4 Å². The Hall–Kier alpha value is -1.83. The predicted molar refractivity (Wildman–Crippen MR) is 104 cm³/mol. The Morgan fingerprint density at radius 3 is 2.48 bits per heavy atom. The molecule has 2 N–H and O–H groups in total. The lowest BCUT2D eigenvalue weighted by Crippen LogP contribution is -2.55. The van der Waals surface area contributed by atoms with Crippen LogP contribution in [0, 0.1) is 0 Å². The number of rotatable bonds is 7. The number of nitrogens with zero attached hydrogens (tertiary/aromatic N) is 2. The van der Waals surface area contributed by atoms with Gasteiger partial charge in [-0.1, -0.05) is 11.6 Å². The summed E-state index contributed by atoms with van der Waals surface area (Å²) in [6.45, 7) is 6.62. The van der Waals surface area contributed by atoms with Crippen molar-refractivity contribution in [1.29, 1.82) is 0 Å². The van der Waals surface area contributed by atoms with E-state index in [0.29, 0.717) is 11.6 Å². The van der Waals surface area contributed by atoms with Crippen LogP contribution in [0.25, 0.3) is 0 Å². The molecule has 1 aromatic rings. The highest BCUT2D eigenvalue weighted by atomic mass is 35.5. The molecule has 1 unspecified atom stereocenters. The van der Waals surface area contributed by atoms with Crippen LogP contribution in [0.2, 0.25) is 5.02 Å². The first-order valence-electron chi connectivity index (χ1n) is 9.47. The summed E-state index contributed by atoms with van der Waals surface area (Å²) in [6, 6.07) is 6.89. The van der Waals surface area contributed by atoms with Crippen molar-refractivity contribution in [3.8, 4) is 5.75 Å². The minimum atomic E-state index is -0.382. The van der Waals surface area contributed by atoms with E-state index in [0.717, 1.165) is 51.3 Å². The summed E-state index contributed by atoms with van der Waals surface area (Å²) in [7, 11) is 0. The summed E-state index contributed by atoms with van der Waals surface area (Å²) in [5, 5.41) is 5.91. The smallest absolute Gasteiger partial charge is 0.321 e. The number of ether oxygens (including phenoxy) is 1. The lowest BCUT2D eigenvalue weighted by Gasteiger charge is -2.37. The normalized spacial score (nSPS) is 19.3. The molecule has 1 aromatic carbocycles. The minimum absolute atomic E-state index is 0.242. The third-order valence-corrected chi connectivity index (χ3v) is 5.23. The van der Waals surface area contributed by atoms with Gasteiger partial charge in [0.2, 0.25) is 5.91 Å². The van der Waals surface area contributed by atoms with Crippen molar-refractivity contribution in [3.63, 3.8) is 0 Å². The molecule has 1 saturated heterocycles. The number of urea groups is 1. The topological polar surface area (TPSA) is 73.9 Å². The second-order valence-corrected chi connectivity index (χ2v) is 7.53. The van der Waals surface area contributed by atoms with Crippen LogP contribution >= 0.6 is 11.6 Å². The summed E-state index contributed by atoms with van der Waals surface area (Å²) in [5.41, 5.74) is 0. The molecule has 1 saturated carbocycles. The Morgan fingerprint density at radius 1 is 1.19 bits per heavy atom. The molecule has 8 heteroatoms. The molecule has 7 nitrogen and oxygen atoms in total. The quantitative estimate of drug-likeness (QED) is 0.736. The summed E-state index contributed by atoms with van der Waals surface area (Å²) in [6.07, 6.45) is 2.00. The maximum atomic E-state index is 12.2. The second-order valence-electron chi connectivity index (χ2n) is 7.09. The number of hydrogen-bond donors (Lipinski definition) is 2. The lowest BCUT2D eigenvalue weighted by atomic mass is 10.2. The van der Waals surface area contributed by atoms with Crippen LogP contribution in [0.1, 0.15) is 19.8 Å². The first-order valence-corrected chi connectivity index (χ1v) is 9.85. The SMILES string of the molecule is CC(C(=O)NC(=O)NC1CC1)N1CCN(CCOc2ccc(Cl)cc2)CC1. The largest absolute Gasteiger partial charge is 0.492 e. The van der Waals surface area contributed by atoms with E-state index >= 15 is 0 Å². The third-order valence-electron chi connectivity index (χ3n) is 4.97. The van der Waals surface area contributed by atoms with Crippen molar-refractivity contribution in [2.45, 2.75) is 31.8 Å². The van der Waals surface area contributed by atoms with Crippen LogP contribution in [-0.2, 0) is 4.79 Å². The molecule has 3 amide bonds. The lowest BCUT2D eigenvalue weighted by molar-refractivity contribution is -0.125. The first kappa shape index (κ1) is 19.9. The first-order chi connectivity index (χ1) is 13.0. The maximum Gasteiger partial charge on any atom is 0.321 e. The Morgan fingerprint density at radius 2 is 1.85 bits per heavy atom. The fourth-order valence-electron chi connectivity index (χ4n) is 3.03. The van der Waals surface area contributed by atoms with Gasteiger partial charge < -0.3 is 10.1 Å². The zero-order chi connectivity index (χ0) is 19.2. The van der Waals surface area contributed by atoms with E-state index in [9.17, 15) is 9.59 Å². The highest BCUT2D eigenvalue weighted by Crippen LogP contribution is 2.18. The molecule has 0 aromatic heterocycles. The highest BCUT2D eigenvalue weighted by molar-refractivity contribution is 6.30. The van der Waals surface area contributed by atoms with Gasteiger partial charge in [0, 0.05) is 43.8 Å². The fourth-order valence-corrected chi connectivity index (χ4v) is 3.15. The predicted octanol–water partition coefficient (Wildman–Crippen LogP) is 1.71. The van der Waals surface area contributed by atoms with Crippen LogP contribution in [-0.4, -0.2) is 73.2 Å². The molecule has 1 atom stereocenters. The number of carbonyl (C=O) groups excluding carboxylic acids is 2. The average molecular weight is 395 g/mol. The number of halogens is 1. The average Bonchev–Trinajstić information content (AvgIpc) is 3.47. The highest BCUT2D eigenvalue weighted by Gasteiger charge is 2.28. The summed E-state index contributed by atoms with van der Waals surface area (Å²) in [4.78, 5) is 28.4. The van der Waals surface area contributed by atoms with E-state index in [1.807, 2.05) is 31.2 Å². The fraction of sp³-hybridized carbons (Fsp3) is 0.579. The van der Waals surface area contributed by atoms with Crippen molar-refractivity contribution in [2.24, 2.45) is 0 Å². The molecule has 148 valence electrons. The van der Waals surface area contributed by atoms with Crippen molar-refractivity contribution in [1.82, 2.24) is 20.4 Å². The van der Waals surface area contributed by atoms with Gasteiger partial charge in [-0.2, -0.15) is 0 Å². The van der Waals surface area contributed by atoms with E-state index in [1.165, 1.54) is 0 Å². The minimum Gasteiger partial charge on any atom is -0.492 e. The number of imide groups is 1. The Kier molecular flexibility index (Phi) is 6.93. The Balaban J connectivity index is 1.33. The molecule has 1 heterocycles. The molecule has 1 aliphatic heterocycles. The number of amides is 3. The Labute approximate surface area is 165 Å². The van der Waals surface area contributed by atoms with E-state index in [-0.39, 0.29) is 24.0 Å². The van der Waals surface area contributed by atoms with Crippen LogP contribution in [0.15, 0.2) is 24.3 Å². The zero-order valence-corrected chi connectivity index (χ0v) is 16.4. The molecule has 1 aliphatic carbocycles. The molecular weight excluding hydrogens is 368 g/mol. The van der Waals surface area contributed by atoms with Crippen molar-refractivity contribution < 1.29 is 14.3 Å². The van der Waals surface area contributed by atoms with Gasteiger partial charge in [0.25, 0.3) is 0 Å². The van der Waals surface area contributed by atoms with Crippen LogP contribution in [0.3, 0.4) is 0 Å². The molecule has 0 radical (unpaired) electrons. The number of benzene rings is 1. The van der Waals surface area contributed by atoms with Crippen molar-refractivity contribution in [3.05, 3.63) is 29.3 Å². The number of carbonyl (C=O) groups is 2. The molecule has 2 fully saturated rings. The third kappa shape index (κ3) is 6.37. The van der Waals surface area contributed by atoms with Gasteiger partial charge in [-0.05, 0) is 44.0 Å². The standard InChI is InChI=1S/C19H27ClN4O3/c1-14(18(25)22-19(26)21-16-4-5-16)24-10-8-23(9-11-24)12-13-27-17-6-2-15(20)3-7-17/h2-3,6-7,14,16H,4-5,8-13H2,1H3,(H2,21,22,25,26). The van der Waals surface area contributed by atoms with Gasteiger partial charge in [0.05, 0.1) is 6.04 Å². The molecule has 2 aliphatic rings.